The van der Waals surface area contributed by atoms with Gasteiger partial charge in [0.05, 0.1) is 9.82 Å². The minimum atomic E-state index is -3.88. The number of anilines is 1. The summed E-state index contributed by atoms with van der Waals surface area (Å²) in [5, 5.41) is 11.1. The molecule has 1 saturated heterocycles. The van der Waals surface area contributed by atoms with Crippen molar-refractivity contribution in [2.75, 3.05) is 24.5 Å². The Morgan fingerprint density at radius 1 is 1.03 bits per heavy atom. The van der Waals surface area contributed by atoms with Crippen LogP contribution in [0.2, 0.25) is 0 Å². The Labute approximate surface area is 194 Å². The molecule has 176 valence electrons. The van der Waals surface area contributed by atoms with Crippen LogP contribution in [-0.2, 0) is 21.2 Å². The molecule has 8 nitrogen and oxygen atoms in total. The molecule has 4 rings (SSSR count). The van der Waals surface area contributed by atoms with Gasteiger partial charge in [-0.3, -0.25) is 14.9 Å². The number of fused-ring (bicyclic) bond motifs is 1. The molecular weight excluding hydrogens is 442 g/mol. The third-order valence-electron chi connectivity index (χ3n) is 6.76. The SMILES string of the molecule is Cc1cc(C)c2c(c1)N(C(=O)C1CCN(S(=O)(=O)c3cc([N+](=O)[O-])ccc3C)CC1)CCC2. The Morgan fingerprint density at radius 3 is 2.39 bits per heavy atom. The van der Waals surface area contributed by atoms with Crippen molar-refractivity contribution in [1.82, 2.24) is 4.31 Å². The quantitative estimate of drug-likeness (QED) is 0.497. The second-order valence-corrected chi connectivity index (χ2v) is 11.0. The molecule has 0 atom stereocenters. The highest BCUT2D eigenvalue weighted by molar-refractivity contribution is 7.89. The van der Waals surface area contributed by atoms with Crippen molar-refractivity contribution in [2.24, 2.45) is 5.92 Å². The zero-order chi connectivity index (χ0) is 23.9. The second kappa shape index (κ2) is 8.87. The molecule has 2 heterocycles. The molecule has 0 N–H and O–H groups in total. The largest absolute Gasteiger partial charge is 0.312 e. The fraction of sp³-hybridized carbons (Fsp3) is 0.458. The molecule has 1 amide bonds. The lowest BCUT2D eigenvalue weighted by atomic mass is 9.91. The third-order valence-corrected chi connectivity index (χ3v) is 8.80. The Hall–Kier alpha value is -2.78. The minimum absolute atomic E-state index is 0.0441. The maximum atomic E-state index is 13.4. The minimum Gasteiger partial charge on any atom is -0.312 e. The lowest BCUT2D eigenvalue weighted by Crippen LogP contribution is -2.46. The predicted octanol–water partition coefficient (Wildman–Crippen LogP) is 3.90. The van der Waals surface area contributed by atoms with E-state index in [0.717, 1.165) is 30.2 Å². The van der Waals surface area contributed by atoms with Crippen LogP contribution in [0.1, 0.15) is 41.5 Å². The summed E-state index contributed by atoms with van der Waals surface area (Å²) in [5.74, 6) is -0.182. The highest BCUT2D eigenvalue weighted by atomic mass is 32.2. The average molecular weight is 472 g/mol. The first-order valence-corrected chi connectivity index (χ1v) is 12.7. The number of benzene rings is 2. The average Bonchev–Trinajstić information content (AvgIpc) is 2.78. The van der Waals surface area contributed by atoms with Gasteiger partial charge in [0.1, 0.15) is 0 Å². The standard InChI is InChI=1S/C24H29N3O5S/c1-16-13-18(3)21-5-4-10-26(22(21)14-16)24(28)19-8-11-25(12-9-19)33(31,32)23-15-20(27(29)30)7-6-17(23)2/h6-7,13-15,19H,4-5,8-12H2,1-3H3. The summed E-state index contributed by atoms with van der Waals surface area (Å²) in [6, 6.07) is 8.10. The molecule has 0 aliphatic carbocycles. The van der Waals surface area contributed by atoms with E-state index in [-0.39, 0.29) is 35.5 Å². The zero-order valence-corrected chi connectivity index (χ0v) is 20.0. The number of sulfonamides is 1. The first-order valence-electron chi connectivity index (χ1n) is 11.3. The van der Waals surface area contributed by atoms with Gasteiger partial charge in [-0.1, -0.05) is 12.1 Å². The molecule has 0 spiro atoms. The molecular formula is C24H29N3O5S. The molecule has 2 aromatic rings. The zero-order valence-electron chi connectivity index (χ0n) is 19.2. The Morgan fingerprint density at radius 2 is 1.73 bits per heavy atom. The van der Waals surface area contributed by atoms with E-state index in [1.165, 1.54) is 27.6 Å². The number of piperidine rings is 1. The number of nitrogens with zero attached hydrogens (tertiary/aromatic N) is 3. The van der Waals surface area contributed by atoms with Crippen molar-refractivity contribution in [2.45, 2.75) is 51.3 Å². The van der Waals surface area contributed by atoms with Crippen LogP contribution in [0.3, 0.4) is 0 Å². The summed E-state index contributed by atoms with van der Waals surface area (Å²) in [7, 11) is -3.88. The highest BCUT2D eigenvalue weighted by Gasteiger charge is 2.36. The van der Waals surface area contributed by atoms with E-state index in [2.05, 4.69) is 19.1 Å². The van der Waals surface area contributed by atoms with E-state index in [1.54, 1.807) is 6.92 Å². The summed E-state index contributed by atoms with van der Waals surface area (Å²) >= 11 is 0. The normalized spacial score (nSPS) is 17.6. The number of non-ortho nitro benzene ring substituents is 1. The van der Waals surface area contributed by atoms with Crippen molar-refractivity contribution in [3.8, 4) is 0 Å². The van der Waals surface area contributed by atoms with E-state index in [4.69, 9.17) is 0 Å². The molecule has 2 aromatic carbocycles. The number of carbonyl (C=O) groups is 1. The number of hydrogen-bond acceptors (Lipinski definition) is 5. The highest BCUT2D eigenvalue weighted by Crippen LogP contribution is 2.34. The summed E-state index contributed by atoms with van der Waals surface area (Å²) in [4.78, 5) is 25.8. The van der Waals surface area contributed by atoms with Crippen molar-refractivity contribution in [3.05, 3.63) is 62.7 Å². The number of amides is 1. The van der Waals surface area contributed by atoms with Crippen LogP contribution in [-0.4, -0.2) is 43.2 Å². The van der Waals surface area contributed by atoms with Crippen molar-refractivity contribution in [1.29, 1.82) is 0 Å². The summed E-state index contributed by atoms with van der Waals surface area (Å²) < 4.78 is 27.8. The number of carbonyl (C=O) groups excluding carboxylic acids is 1. The fourth-order valence-corrected chi connectivity index (χ4v) is 6.70. The first kappa shape index (κ1) is 23.4. The fourth-order valence-electron chi connectivity index (χ4n) is 4.99. The Kier molecular flexibility index (Phi) is 6.28. The smallest absolute Gasteiger partial charge is 0.270 e. The molecule has 0 radical (unpaired) electrons. The molecule has 9 heteroatoms. The van der Waals surface area contributed by atoms with E-state index in [9.17, 15) is 23.3 Å². The number of aryl methyl sites for hydroxylation is 3. The van der Waals surface area contributed by atoms with Crippen LogP contribution in [0.25, 0.3) is 0 Å². The molecule has 33 heavy (non-hydrogen) atoms. The van der Waals surface area contributed by atoms with E-state index in [1.807, 2.05) is 11.8 Å². The van der Waals surface area contributed by atoms with Crippen LogP contribution in [0.4, 0.5) is 11.4 Å². The molecule has 0 saturated carbocycles. The monoisotopic (exact) mass is 471 g/mol. The van der Waals surface area contributed by atoms with Gasteiger partial charge in [-0.2, -0.15) is 4.31 Å². The van der Waals surface area contributed by atoms with Crippen LogP contribution in [0.5, 0.6) is 0 Å². The van der Waals surface area contributed by atoms with Crippen LogP contribution < -0.4 is 4.90 Å². The Balaban J connectivity index is 1.51. The second-order valence-electron chi connectivity index (χ2n) is 9.06. The third kappa shape index (κ3) is 4.39. The maximum Gasteiger partial charge on any atom is 0.270 e. The number of rotatable bonds is 4. The van der Waals surface area contributed by atoms with Crippen LogP contribution in [0.15, 0.2) is 35.2 Å². The van der Waals surface area contributed by atoms with E-state index >= 15 is 0 Å². The topological polar surface area (TPSA) is 101 Å². The van der Waals surface area contributed by atoms with Crippen molar-refractivity contribution < 1.29 is 18.1 Å². The van der Waals surface area contributed by atoms with Gasteiger partial charge in [0.15, 0.2) is 0 Å². The Bertz CT molecular complexity index is 1220. The lowest BCUT2D eigenvalue weighted by molar-refractivity contribution is -0.385. The van der Waals surface area contributed by atoms with E-state index < -0.39 is 14.9 Å². The predicted molar refractivity (Wildman–Crippen MR) is 126 cm³/mol. The maximum absolute atomic E-state index is 13.4. The van der Waals surface area contributed by atoms with Gasteiger partial charge < -0.3 is 4.90 Å². The number of nitro benzene ring substituents is 1. The van der Waals surface area contributed by atoms with Gasteiger partial charge in [0.25, 0.3) is 5.69 Å². The molecule has 2 aliphatic heterocycles. The summed E-state index contributed by atoms with van der Waals surface area (Å²) in [6.07, 6.45) is 2.75. The molecule has 0 unspecified atom stereocenters. The molecule has 0 bridgehead atoms. The summed E-state index contributed by atoms with van der Waals surface area (Å²) in [6.45, 7) is 6.86. The number of hydrogen-bond donors (Lipinski definition) is 0. The summed E-state index contributed by atoms with van der Waals surface area (Å²) in [5.41, 5.74) is 4.76. The van der Waals surface area contributed by atoms with Crippen LogP contribution in [0, 0.1) is 36.8 Å². The number of nitro groups is 1. The van der Waals surface area contributed by atoms with E-state index in [0.29, 0.717) is 24.9 Å². The van der Waals surface area contributed by atoms with Gasteiger partial charge in [-0.15, -0.1) is 0 Å². The first-order chi connectivity index (χ1) is 15.6. The van der Waals surface area contributed by atoms with Gasteiger partial charge in [0, 0.05) is 43.4 Å². The molecule has 1 fully saturated rings. The lowest BCUT2D eigenvalue weighted by Gasteiger charge is -2.36. The van der Waals surface area contributed by atoms with Gasteiger partial charge in [-0.05, 0) is 74.8 Å². The van der Waals surface area contributed by atoms with Crippen LogP contribution >= 0.6 is 0 Å². The molecule has 0 aromatic heterocycles. The van der Waals surface area contributed by atoms with Crippen molar-refractivity contribution >= 4 is 27.3 Å². The van der Waals surface area contributed by atoms with Gasteiger partial charge >= 0.3 is 0 Å². The molecule has 2 aliphatic rings. The van der Waals surface area contributed by atoms with Gasteiger partial charge in [0.2, 0.25) is 15.9 Å². The van der Waals surface area contributed by atoms with Gasteiger partial charge in [-0.25, -0.2) is 8.42 Å². The van der Waals surface area contributed by atoms with Crippen molar-refractivity contribution in [3.63, 3.8) is 0 Å².